The smallest absolute Gasteiger partial charge is 0.156 e. The molecule has 1 aliphatic rings. The highest BCUT2D eigenvalue weighted by molar-refractivity contribution is 5.93. The summed E-state index contributed by atoms with van der Waals surface area (Å²) in [6.45, 7) is 10.6. The van der Waals surface area contributed by atoms with E-state index in [1.54, 1.807) is 0 Å². The summed E-state index contributed by atoms with van der Waals surface area (Å²) in [7, 11) is 0. The molecule has 1 aliphatic carbocycles. The summed E-state index contributed by atoms with van der Waals surface area (Å²) in [6, 6.07) is 10.5. The summed E-state index contributed by atoms with van der Waals surface area (Å²) in [6.07, 6.45) is 2.87. The molecular weight excluding hydrogens is 258 g/mol. The quantitative estimate of drug-likeness (QED) is 0.712. The number of Topliss-reactive ketones (excluding diaryl/α,β-unsaturated/α-hetero) is 1. The molecule has 2 atom stereocenters. The van der Waals surface area contributed by atoms with Crippen LogP contribution in [-0.4, -0.2) is 29.3 Å². The fourth-order valence-corrected chi connectivity index (χ4v) is 3.93. The molecular formula is C19H29NO. The zero-order valence-electron chi connectivity index (χ0n) is 13.9. The predicted molar refractivity (Wildman–Crippen MR) is 88.5 cm³/mol. The van der Waals surface area contributed by atoms with Gasteiger partial charge in [-0.2, -0.15) is 0 Å². The minimum atomic E-state index is -0.252. The largest absolute Gasteiger partial charge is 0.297 e. The molecule has 2 heteroatoms. The Morgan fingerprint density at radius 3 is 2.14 bits per heavy atom. The van der Waals surface area contributed by atoms with E-state index in [1.165, 1.54) is 5.56 Å². The SMILES string of the molecule is CCN(CC)C(CC)(CC)C(=O)C1CC1c1ccccc1. The lowest BCUT2D eigenvalue weighted by Gasteiger charge is -2.41. The molecule has 0 heterocycles. The summed E-state index contributed by atoms with van der Waals surface area (Å²) in [5, 5.41) is 0. The first kappa shape index (κ1) is 16.2. The van der Waals surface area contributed by atoms with Crippen LogP contribution in [-0.2, 0) is 4.79 Å². The van der Waals surface area contributed by atoms with Crippen LogP contribution in [0.2, 0.25) is 0 Å². The van der Waals surface area contributed by atoms with E-state index in [9.17, 15) is 4.79 Å². The van der Waals surface area contributed by atoms with Gasteiger partial charge >= 0.3 is 0 Å². The average molecular weight is 287 g/mol. The van der Waals surface area contributed by atoms with Crippen LogP contribution >= 0.6 is 0 Å². The third kappa shape index (κ3) is 2.91. The Morgan fingerprint density at radius 1 is 1.10 bits per heavy atom. The first-order valence-electron chi connectivity index (χ1n) is 8.48. The molecule has 0 aromatic heterocycles. The number of carbonyl (C=O) groups is 1. The molecule has 0 bridgehead atoms. The van der Waals surface area contributed by atoms with Crippen molar-refractivity contribution < 1.29 is 4.79 Å². The van der Waals surface area contributed by atoms with Crippen LogP contribution in [0.1, 0.15) is 58.4 Å². The Bertz CT molecular complexity index is 460. The van der Waals surface area contributed by atoms with Crippen molar-refractivity contribution in [1.82, 2.24) is 4.90 Å². The van der Waals surface area contributed by atoms with E-state index in [2.05, 4.69) is 56.9 Å². The van der Waals surface area contributed by atoms with Crippen molar-refractivity contribution in [2.24, 2.45) is 5.92 Å². The lowest BCUT2D eigenvalue weighted by molar-refractivity contribution is -0.133. The molecule has 2 unspecified atom stereocenters. The molecule has 0 saturated heterocycles. The number of rotatable bonds is 8. The first-order chi connectivity index (χ1) is 10.1. The summed E-state index contributed by atoms with van der Waals surface area (Å²) in [5.74, 6) is 1.16. The van der Waals surface area contributed by atoms with E-state index in [4.69, 9.17) is 0 Å². The van der Waals surface area contributed by atoms with Crippen molar-refractivity contribution in [3.05, 3.63) is 35.9 Å². The minimum Gasteiger partial charge on any atom is -0.297 e. The van der Waals surface area contributed by atoms with Crippen LogP contribution in [0.15, 0.2) is 30.3 Å². The summed E-state index contributed by atoms with van der Waals surface area (Å²) in [5.41, 5.74) is 1.08. The molecule has 0 aliphatic heterocycles. The molecule has 116 valence electrons. The molecule has 1 fully saturated rings. The van der Waals surface area contributed by atoms with Crippen molar-refractivity contribution in [3.8, 4) is 0 Å². The Hall–Kier alpha value is -1.15. The van der Waals surface area contributed by atoms with E-state index in [0.717, 1.165) is 32.4 Å². The monoisotopic (exact) mass is 287 g/mol. The van der Waals surface area contributed by atoms with Gasteiger partial charge in [0.05, 0.1) is 5.54 Å². The highest BCUT2D eigenvalue weighted by atomic mass is 16.1. The van der Waals surface area contributed by atoms with Gasteiger partial charge in [-0.15, -0.1) is 0 Å². The molecule has 0 spiro atoms. The third-order valence-electron chi connectivity index (χ3n) is 5.35. The van der Waals surface area contributed by atoms with E-state index < -0.39 is 0 Å². The summed E-state index contributed by atoms with van der Waals surface area (Å²) < 4.78 is 0. The van der Waals surface area contributed by atoms with Gasteiger partial charge in [0.2, 0.25) is 0 Å². The fourth-order valence-electron chi connectivity index (χ4n) is 3.93. The Kier molecular flexibility index (Phi) is 5.21. The van der Waals surface area contributed by atoms with Crippen molar-refractivity contribution in [2.45, 2.75) is 58.4 Å². The maximum atomic E-state index is 13.2. The second-order valence-corrected chi connectivity index (χ2v) is 6.13. The van der Waals surface area contributed by atoms with Gasteiger partial charge < -0.3 is 0 Å². The predicted octanol–water partition coefficient (Wildman–Crippen LogP) is 4.26. The number of hydrogen-bond acceptors (Lipinski definition) is 2. The summed E-state index contributed by atoms with van der Waals surface area (Å²) in [4.78, 5) is 15.6. The molecule has 1 aromatic carbocycles. The van der Waals surface area contributed by atoms with Crippen LogP contribution < -0.4 is 0 Å². The number of ketones is 1. The highest BCUT2D eigenvalue weighted by Crippen LogP contribution is 2.51. The highest BCUT2D eigenvalue weighted by Gasteiger charge is 2.52. The Labute approximate surface area is 129 Å². The van der Waals surface area contributed by atoms with Gasteiger partial charge in [0.1, 0.15) is 0 Å². The number of benzene rings is 1. The Balaban J connectivity index is 2.18. The second-order valence-electron chi connectivity index (χ2n) is 6.13. The Morgan fingerprint density at radius 2 is 1.67 bits per heavy atom. The molecule has 1 saturated carbocycles. The maximum Gasteiger partial charge on any atom is 0.156 e. The normalized spacial score (nSPS) is 21.6. The number of hydrogen-bond donors (Lipinski definition) is 0. The van der Waals surface area contributed by atoms with E-state index in [0.29, 0.717) is 11.7 Å². The van der Waals surface area contributed by atoms with Crippen LogP contribution in [0, 0.1) is 5.92 Å². The van der Waals surface area contributed by atoms with Gasteiger partial charge in [-0.25, -0.2) is 0 Å². The maximum absolute atomic E-state index is 13.2. The van der Waals surface area contributed by atoms with Crippen LogP contribution in [0.4, 0.5) is 0 Å². The van der Waals surface area contributed by atoms with E-state index >= 15 is 0 Å². The topological polar surface area (TPSA) is 20.3 Å². The fraction of sp³-hybridized carbons (Fsp3) is 0.632. The minimum absolute atomic E-state index is 0.230. The lowest BCUT2D eigenvalue weighted by Crippen LogP contribution is -2.54. The van der Waals surface area contributed by atoms with Crippen molar-refractivity contribution in [1.29, 1.82) is 0 Å². The molecule has 0 amide bonds. The molecule has 0 N–H and O–H groups in total. The standard InChI is InChI=1S/C19H29NO/c1-5-19(6-2,20(7-3)8-4)18(21)17-14-16(17)15-12-10-9-11-13-15/h9-13,16-17H,5-8,14H2,1-4H3. The van der Waals surface area contributed by atoms with Crippen molar-refractivity contribution in [2.75, 3.05) is 13.1 Å². The average Bonchev–Trinajstić information content (AvgIpc) is 3.33. The molecule has 1 aromatic rings. The lowest BCUT2D eigenvalue weighted by atomic mass is 9.82. The molecule has 21 heavy (non-hydrogen) atoms. The van der Waals surface area contributed by atoms with Crippen LogP contribution in [0.25, 0.3) is 0 Å². The van der Waals surface area contributed by atoms with Gasteiger partial charge in [-0.3, -0.25) is 9.69 Å². The number of carbonyl (C=O) groups excluding carboxylic acids is 1. The molecule has 2 rings (SSSR count). The van der Waals surface area contributed by atoms with Crippen LogP contribution in [0.3, 0.4) is 0 Å². The van der Waals surface area contributed by atoms with Gasteiger partial charge in [-0.05, 0) is 43.8 Å². The van der Waals surface area contributed by atoms with E-state index in [-0.39, 0.29) is 11.5 Å². The van der Waals surface area contributed by atoms with Crippen molar-refractivity contribution >= 4 is 5.78 Å². The van der Waals surface area contributed by atoms with Crippen molar-refractivity contribution in [3.63, 3.8) is 0 Å². The zero-order valence-corrected chi connectivity index (χ0v) is 13.9. The molecule has 0 radical (unpaired) electrons. The van der Waals surface area contributed by atoms with Gasteiger partial charge in [0.25, 0.3) is 0 Å². The van der Waals surface area contributed by atoms with Gasteiger partial charge in [0.15, 0.2) is 5.78 Å². The molecule has 2 nitrogen and oxygen atoms in total. The van der Waals surface area contributed by atoms with Gasteiger partial charge in [0, 0.05) is 5.92 Å². The number of nitrogens with zero attached hydrogens (tertiary/aromatic N) is 1. The van der Waals surface area contributed by atoms with E-state index in [1.807, 2.05) is 6.07 Å². The summed E-state index contributed by atoms with van der Waals surface area (Å²) >= 11 is 0. The van der Waals surface area contributed by atoms with Gasteiger partial charge in [-0.1, -0.05) is 58.0 Å². The zero-order chi connectivity index (χ0) is 15.5. The third-order valence-corrected chi connectivity index (χ3v) is 5.35. The first-order valence-corrected chi connectivity index (χ1v) is 8.48. The number of likely N-dealkylation sites (N-methyl/N-ethyl adjacent to an activating group) is 1. The van der Waals surface area contributed by atoms with Crippen LogP contribution in [0.5, 0.6) is 0 Å². The second kappa shape index (κ2) is 6.74.